The Hall–Kier alpha value is -2.32. The van der Waals surface area contributed by atoms with Crippen molar-refractivity contribution in [1.29, 1.82) is 0 Å². The van der Waals surface area contributed by atoms with Crippen molar-refractivity contribution in [1.82, 2.24) is 15.0 Å². The summed E-state index contributed by atoms with van der Waals surface area (Å²) in [5, 5.41) is 13.7. The maximum Gasteiger partial charge on any atom is 0.404 e. The Balaban J connectivity index is 2.11. The van der Waals surface area contributed by atoms with Crippen molar-refractivity contribution < 1.29 is 9.90 Å². The maximum atomic E-state index is 13.0. The highest BCUT2D eigenvalue weighted by molar-refractivity contribution is 6.35. The minimum atomic E-state index is -1.08. The van der Waals surface area contributed by atoms with Crippen LogP contribution in [-0.4, -0.2) is 40.0 Å². The van der Waals surface area contributed by atoms with Crippen LogP contribution in [0, 0.1) is 0 Å². The predicted octanol–water partition coefficient (Wildman–Crippen LogP) is 1.05. The summed E-state index contributed by atoms with van der Waals surface area (Å²) in [6, 6.07) is 4.37. The molecule has 1 aliphatic heterocycles. The molecule has 1 aliphatic rings. The van der Waals surface area contributed by atoms with Crippen LogP contribution >= 0.6 is 11.6 Å². The molecule has 2 heterocycles. The first-order valence-electron chi connectivity index (χ1n) is 7.60. The summed E-state index contributed by atoms with van der Waals surface area (Å²) >= 11 is 6.18. The average Bonchev–Trinajstić information content (AvgIpc) is 2.93. The highest BCUT2D eigenvalue weighted by atomic mass is 35.5. The highest BCUT2D eigenvalue weighted by Gasteiger charge is 2.28. The van der Waals surface area contributed by atoms with E-state index in [4.69, 9.17) is 22.4 Å². The molecule has 1 aromatic heterocycles. The summed E-state index contributed by atoms with van der Waals surface area (Å²) < 4.78 is 1.43. The first kappa shape index (κ1) is 16.5. The summed E-state index contributed by atoms with van der Waals surface area (Å²) in [7, 11) is 0. The van der Waals surface area contributed by atoms with Gasteiger partial charge in [-0.2, -0.15) is 0 Å². The molecule has 24 heavy (non-hydrogen) atoms. The monoisotopic (exact) mass is 351 g/mol. The van der Waals surface area contributed by atoms with Gasteiger partial charge in [0.2, 0.25) is 0 Å². The minimum Gasteiger partial charge on any atom is -0.465 e. The third-order valence-electron chi connectivity index (χ3n) is 4.03. The average molecular weight is 352 g/mol. The van der Waals surface area contributed by atoms with E-state index in [0.29, 0.717) is 41.3 Å². The number of hydrogen-bond acceptors (Lipinski definition) is 5. The minimum absolute atomic E-state index is 0.253. The Bertz CT molecular complexity index is 851. The number of halogens is 1. The fourth-order valence-electron chi connectivity index (χ4n) is 2.98. The zero-order chi connectivity index (χ0) is 17.4. The molecule has 128 valence electrons. The van der Waals surface area contributed by atoms with Crippen LogP contribution in [0.15, 0.2) is 23.0 Å². The Labute approximate surface area is 142 Å². The summed E-state index contributed by atoms with van der Waals surface area (Å²) in [6.07, 6.45) is -0.487. The molecule has 1 unspecified atom stereocenters. The first-order chi connectivity index (χ1) is 11.4. The molecule has 3 rings (SSSR count). The van der Waals surface area contributed by atoms with E-state index in [0.717, 1.165) is 0 Å². The number of rotatable bonds is 3. The number of fused-ring (bicyclic) bond motifs is 1. The summed E-state index contributed by atoms with van der Waals surface area (Å²) in [6.45, 7) is 2.63. The number of amides is 1. The van der Waals surface area contributed by atoms with Gasteiger partial charge in [-0.3, -0.25) is 4.79 Å². The van der Waals surface area contributed by atoms with Gasteiger partial charge >= 0.3 is 6.09 Å². The van der Waals surface area contributed by atoms with Crippen LogP contribution in [0.2, 0.25) is 5.02 Å². The van der Waals surface area contributed by atoms with E-state index in [1.54, 1.807) is 30.1 Å². The number of nitrogens with one attached hydrogen (secondary N) is 1. The number of nitrogens with zero attached hydrogens (tertiary/aromatic N) is 3. The lowest BCUT2D eigenvalue weighted by Gasteiger charge is -2.25. The molecule has 9 heteroatoms. The van der Waals surface area contributed by atoms with Gasteiger partial charge in [-0.25, -0.2) is 14.5 Å². The lowest BCUT2D eigenvalue weighted by Crippen LogP contribution is -2.46. The van der Waals surface area contributed by atoms with Crippen LogP contribution in [0.5, 0.6) is 0 Å². The van der Waals surface area contributed by atoms with Crippen molar-refractivity contribution in [2.24, 2.45) is 5.73 Å². The van der Waals surface area contributed by atoms with E-state index in [9.17, 15) is 9.59 Å². The molecule has 1 fully saturated rings. The number of carboxylic acid groups (broad SMARTS) is 1. The lowest BCUT2D eigenvalue weighted by molar-refractivity contribution is 0.190. The van der Waals surface area contributed by atoms with Crippen molar-refractivity contribution in [2.45, 2.75) is 25.4 Å². The van der Waals surface area contributed by atoms with E-state index < -0.39 is 12.1 Å². The Morgan fingerprint density at radius 3 is 2.96 bits per heavy atom. The van der Waals surface area contributed by atoms with E-state index in [2.05, 4.69) is 10.3 Å². The van der Waals surface area contributed by atoms with Gasteiger partial charge in [-0.15, -0.1) is 0 Å². The molecule has 0 aliphatic carbocycles. The molecule has 0 saturated carbocycles. The van der Waals surface area contributed by atoms with E-state index in [-0.39, 0.29) is 11.6 Å². The van der Waals surface area contributed by atoms with Crippen molar-refractivity contribution in [3.8, 4) is 0 Å². The fraction of sp³-hybridized carbons (Fsp3) is 0.400. The van der Waals surface area contributed by atoms with Crippen LogP contribution < -0.4 is 21.6 Å². The van der Waals surface area contributed by atoms with Crippen molar-refractivity contribution in [2.75, 3.05) is 18.1 Å². The van der Waals surface area contributed by atoms with Crippen LogP contribution in [-0.2, 0) is 0 Å². The second kappa shape index (κ2) is 6.29. The Morgan fingerprint density at radius 2 is 2.29 bits per heavy atom. The Morgan fingerprint density at radius 1 is 1.54 bits per heavy atom. The smallest absolute Gasteiger partial charge is 0.404 e. The number of carbonyl (C=O) groups is 1. The summed E-state index contributed by atoms with van der Waals surface area (Å²) in [4.78, 5) is 28.3. The van der Waals surface area contributed by atoms with Gasteiger partial charge in [0, 0.05) is 6.54 Å². The van der Waals surface area contributed by atoms with Gasteiger partial charge in [0.05, 0.1) is 34.6 Å². The molecule has 1 saturated heterocycles. The zero-order valence-electron chi connectivity index (χ0n) is 13.1. The molecule has 0 radical (unpaired) electrons. The third kappa shape index (κ3) is 2.90. The van der Waals surface area contributed by atoms with Crippen molar-refractivity contribution >= 4 is 28.6 Å². The second-order valence-electron chi connectivity index (χ2n) is 5.86. The SMILES string of the molecule is C[C@H](N)c1nc2cccc(Cl)c2c(=O)n1N1CCC(NC(=O)O)C1. The van der Waals surface area contributed by atoms with Gasteiger partial charge in [0.15, 0.2) is 0 Å². The molecule has 0 bridgehead atoms. The van der Waals surface area contributed by atoms with Gasteiger partial charge in [0.25, 0.3) is 5.56 Å². The molecule has 0 spiro atoms. The summed E-state index contributed by atoms with van der Waals surface area (Å²) in [5.74, 6) is 0.422. The van der Waals surface area contributed by atoms with Gasteiger partial charge in [-0.1, -0.05) is 17.7 Å². The maximum absolute atomic E-state index is 13.0. The second-order valence-corrected chi connectivity index (χ2v) is 6.26. The fourth-order valence-corrected chi connectivity index (χ4v) is 3.23. The molecule has 2 atom stereocenters. The van der Waals surface area contributed by atoms with Crippen molar-refractivity contribution in [3.05, 3.63) is 39.4 Å². The highest BCUT2D eigenvalue weighted by Crippen LogP contribution is 2.21. The largest absolute Gasteiger partial charge is 0.465 e. The molecule has 8 nitrogen and oxygen atoms in total. The van der Waals surface area contributed by atoms with E-state index in [1.165, 1.54) is 4.68 Å². The molecule has 2 aromatic rings. The summed E-state index contributed by atoms with van der Waals surface area (Å²) in [5.41, 5.74) is 6.20. The van der Waals surface area contributed by atoms with Crippen LogP contribution in [0.4, 0.5) is 4.79 Å². The van der Waals surface area contributed by atoms with Crippen LogP contribution in [0.3, 0.4) is 0 Å². The molecular formula is C15H18ClN5O3. The molecule has 1 amide bonds. The lowest BCUT2D eigenvalue weighted by atomic mass is 10.2. The number of aromatic nitrogens is 2. The normalized spacial score (nSPS) is 18.8. The van der Waals surface area contributed by atoms with Gasteiger partial charge in [0.1, 0.15) is 5.82 Å². The van der Waals surface area contributed by atoms with Crippen molar-refractivity contribution in [3.63, 3.8) is 0 Å². The van der Waals surface area contributed by atoms with E-state index >= 15 is 0 Å². The van der Waals surface area contributed by atoms with Crippen LogP contribution in [0.25, 0.3) is 10.9 Å². The standard InChI is InChI=1S/C15H18ClN5O3/c1-8(17)13-19-11-4-2-3-10(16)12(11)14(22)21(13)20-6-5-9(7-20)18-15(23)24/h2-4,8-9,18H,5-7,17H2,1H3,(H,23,24)/t8-,9?/m0/s1. The zero-order valence-corrected chi connectivity index (χ0v) is 13.8. The quantitative estimate of drug-likeness (QED) is 0.761. The molecule has 4 N–H and O–H groups in total. The molecule has 1 aromatic carbocycles. The predicted molar refractivity (Wildman–Crippen MR) is 91.1 cm³/mol. The Kier molecular flexibility index (Phi) is 4.33. The topological polar surface area (TPSA) is 113 Å². The molecular weight excluding hydrogens is 334 g/mol. The van der Waals surface area contributed by atoms with E-state index in [1.807, 2.05) is 0 Å². The number of nitrogens with two attached hydrogens (primary N) is 1. The van der Waals surface area contributed by atoms with Crippen LogP contribution in [0.1, 0.15) is 25.2 Å². The third-order valence-corrected chi connectivity index (χ3v) is 4.35. The number of benzene rings is 1. The first-order valence-corrected chi connectivity index (χ1v) is 7.97. The van der Waals surface area contributed by atoms with Gasteiger partial charge in [-0.05, 0) is 25.5 Å². The van der Waals surface area contributed by atoms with Gasteiger partial charge < -0.3 is 21.2 Å². The number of hydrogen-bond donors (Lipinski definition) is 3.